The molecule has 0 aliphatic carbocycles. The number of amides is 2. The van der Waals surface area contributed by atoms with Gasteiger partial charge in [0.1, 0.15) is 5.75 Å². The first-order valence-corrected chi connectivity index (χ1v) is 9.87. The van der Waals surface area contributed by atoms with Crippen molar-refractivity contribution in [2.75, 3.05) is 33.3 Å². The van der Waals surface area contributed by atoms with Crippen LogP contribution in [-0.4, -0.2) is 66.0 Å². The molecule has 1 N–H and O–H groups in total. The van der Waals surface area contributed by atoms with Crippen molar-refractivity contribution < 1.29 is 24.2 Å². The van der Waals surface area contributed by atoms with Crippen LogP contribution in [0.15, 0.2) is 24.3 Å². The molecule has 1 heterocycles. The average Bonchev–Trinajstić information content (AvgIpc) is 2.71. The number of piperidine rings is 1. The molecule has 1 aliphatic rings. The van der Waals surface area contributed by atoms with Gasteiger partial charge in [0.25, 0.3) is 0 Å². The number of likely N-dealkylation sites (N-methyl/N-ethyl adjacent to an activating group) is 1. The Morgan fingerprint density at radius 3 is 2.61 bits per heavy atom. The fourth-order valence-electron chi connectivity index (χ4n) is 3.21. The number of carboxylic acid groups (broad SMARTS) is 1. The minimum atomic E-state index is -0.868. The summed E-state index contributed by atoms with van der Waals surface area (Å²) >= 11 is 0. The van der Waals surface area contributed by atoms with E-state index in [4.69, 9.17) is 9.84 Å². The summed E-state index contributed by atoms with van der Waals surface area (Å²) < 4.78 is 5.54. The van der Waals surface area contributed by atoms with Gasteiger partial charge in [-0.25, -0.2) is 0 Å². The largest absolute Gasteiger partial charge is 0.494 e. The van der Waals surface area contributed by atoms with E-state index in [1.54, 1.807) is 11.9 Å². The van der Waals surface area contributed by atoms with Crippen molar-refractivity contribution in [1.29, 1.82) is 0 Å². The molecule has 0 spiro atoms. The number of carbonyl (C=O) groups is 3. The molecule has 28 heavy (non-hydrogen) atoms. The highest BCUT2D eigenvalue weighted by atomic mass is 16.5. The molecule has 1 unspecified atom stereocenters. The molecule has 1 saturated heterocycles. The first-order chi connectivity index (χ1) is 13.4. The van der Waals surface area contributed by atoms with Gasteiger partial charge < -0.3 is 19.6 Å². The SMILES string of the molecule is CCCOc1ccc(CCC(=O)N(C)CC(=O)N2CCCC(C(=O)O)C2)cc1. The van der Waals surface area contributed by atoms with Gasteiger partial charge in [-0.15, -0.1) is 0 Å². The van der Waals surface area contributed by atoms with Crippen molar-refractivity contribution >= 4 is 17.8 Å². The summed E-state index contributed by atoms with van der Waals surface area (Å²) in [6.07, 6.45) is 3.14. The van der Waals surface area contributed by atoms with Gasteiger partial charge >= 0.3 is 5.97 Å². The summed E-state index contributed by atoms with van der Waals surface area (Å²) in [7, 11) is 1.61. The second-order valence-electron chi connectivity index (χ2n) is 7.26. The molecule has 1 atom stereocenters. The quantitative estimate of drug-likeness (QED) is 0.698. The van der Waals surface area contributed by atoms with Crippen LogP contribution in [0.4, 0.5) is 0 Å². The molecule has 7 heteroatoms. The zero-order valence-corrected chi connectivity index (χ0v) is 16.7. The maximum Gasteiger partial charge on any atom is 0.308 e. The van der Waals surface area contributed by atoms with E-state index in [1.165, 1.54) is 4.90 Å². The van der Waals surface area contributed by atoms with Crippen LogP contribution in [0.1, 0.15) is 38.2 Å². The molecule has 2 amide bonds. The van der Waals surface area contributed by atoms with Gasteiger partial charge in [0.05, 0.1) is 19.1 Å². The highest BCUT2D eigenvalue weighted by Crippen LogP contribution is 2.17. The highest BCUT2D eigenvalue weighted by molar-refractivity contribution is 5.85. The predicted molar refractivity (Wildman–Crippen MR) is 105 cm³/mol. The number of carboxylic acids is 1. The fraction of sp³-hybridized carbons (Fsp3) is 0.571. The molecule has 0 bridgehead atoms. The standard InChI is InChI=1S/C21H30N2O5/c1-3-13-28-18-9-6-16(7-10-18)8-11-19(24)22(2)15-20(25)23-12-4-5-17(14-23)21(26)27/h6-7,9-10,17H,3-5,8,11-15H2,1-2H3,(H,26,27). The van der Waals surface area contributed by atoms with Crippen LogP contribution in [0.3, 0.4) is 0 Å². The maximum absolute atomic E-state index is 12.4. The van der Waals surface area contributed by atoms with Gasteiger partial charge in [-0.1, -0.05) is 19.1 Å². The van der Waals surface area contributed by atoms with Gasteiger partial charge in [-0.05, 0) is 43.4 Å². The number of carbonyl (C=O) groups excluding carboxylic acids is 2. The average molecular weight is 390 g/mol. The lowest BCUT2D eigenvalue weighted by atomic mass is 9.98. The molecule has 1 aromatic rings. The molecular formula is C21H30N2O5. The van der Waals surface area contributed by atoms with Gasteiger partial charge in [0.2, 0.25) is 11.8 Å². The van der Waals surface area contributed by atoms with E-state index in [0.717, 1.165) is 17.7 Å². The number of ether oxygens (including phenoxy) is 1. The number of likely N-dealkylation sites (tertiary alicyclic amines) is 1. The van der Waals surface area contributed by atoms with Crippen LogP contribution in [0, 0.1) is 5.92 Å². The summed E-state index contributed by atoms with van der Waals surface area (Å²) in [5.74, 6) is -0.859. The number of aryl methyl sites for hydroxylation is 1. The smallest absolute Gasteiger partial charge is 0.308 e. The van der Waals surface area contributed by atoms with Crippen LogP contribution < -0.4 is 4.74 Å². The summed E-state index contributed by atoms with van der Waals surface area (Å²) in [6.45, 7) is 3.49. The Kier molecular flexibility index (Phi) is 8.29. The third-order valence-electron chi connectivity index (χ3n) is 4.95. The lowest BCUT2D eigenvalue weighted by Crippen LogP contribution is -2.46. The first kappa shape index (κ1) is 21.7. The van der Waals surface area contributed by atoms with Gasteiger partial charge in [0, 0.05) is 26.6 Å². The van der Waals surface area contributed by atoms with Crippen LogP contribution >= 0.6 is 0 Å². The van der Waals surface area contributed by atoms with Crippen molar-refractivity contribution in [2.24, 2.45) is 5.92 Å². The van der Waals surface area contributed by atoms with Crippen molar-refractivity contribution in [2.45, 2.75) is 39.0 Å². The second kappa shape index (κ2) is 10.7. The minimum Gasteiger partial charge on any atom is -0.494 e. The van der Waals surface area contributed by atoms with Crippen LogP contribution in [-0.2, 0) is 20.8 Å². The number of rotatable bonds is 9. The predicted octanol–water partition coefficient (Wildman–Crippen LogP) is 2.19. The zero-order valence-electron chi connectivity index (χ0n) is 16.7. The second-order valence-corrected chi connectivity index (χ2v) is 7.26. The Morgan fingerprint density at radius 2 is 1.96 bits per heavy atom. The highest BCUT2D eigenvalue weighted by Gasteiger charge is 2.28. The number of hydrogen-bond donors (Lipinski definition) is 1. The van der Waals surface area contributed by atoms with Crippen molar-refractivity contribution in [3.8, 4) is 5.75 Å². The van der Waals surface area contributed by atoms with E-state index in [2.05, 4.69) is 6.92 Å². The molecule has 0 radical (unpaired) electrons. The molecule has 1 aromatic carbocycles. The lowest BCUT2D eigenvalue weighted by molar-refractivity contribution is -0.147. The number of benzene rings is 1. The van der Waals surface area contributed by atoms with Gasteiger partial charge in [0.15, 0.2) is 0 Å². The monoisotopic (exact) mass is 390 g/mol. The Balaban J connectivity index is 1.77. The number of nitrogens with zero attached hydrogens (tertiary/aromatic N) is 2. The Labute approximate surface area is 166 Å². The van der Waals surface area contributed by atoms with Crippen molar-refractivity contribution in [3.05, 3.63) is 29.8 Å². The molecule has 7 nitrogen and oxygen atoms in total. The third kappa shape index (κ3) is 6.55. The molecule has 1 fully saturated rings. The third-order valence-corrected chi connectivity index (χ3v) is 4.95. The van der Waals surface area contributed by atoms with E-state index in [0.29, 0.717) is 38.8 Å². The molecule has 0 saturated carbocycles. The van der Waals surface area contributed by atoms with Gasteiger partial charge in [-0.3, -0.25) is 14.4 Å². The topological polar surface area (TPSA) is 87.2 Å². The Hall–Kier alpha value is -2.57. The maximum atomic E-state index is 12.4. The normalized spacial score (nSPS) is 16.5. The summed E-state index contributed by atoms with van der Waals surface area (Å²) in [5, 5.41) is 9.14. The van der Waals surface area contributed by atoms with Crippen LogP contribution in [0.2, 0.25) is 0 Å². The van der Waals surface area contributed by atoms with Crippen LogP contribution in [0.5, 0.6) is 5.75 Å². The van der Waals surface area contributed by atoms with E-state index in [1.807, 2.05) is 24.3 Å². The molecule has 2 rings (SSSR count). The van der Waals surface area contributed by atoms with E-state index < -0.39 is 11.9 Å². The molecular weight excluding hydrogens is 360 g/mol. The molecule has 1 aliphatic heterocycles. The summed E-state index contributed by atoms with van der Waals surface area (Å²) in [4.78, 5) is 38.9. The Morgan fingerprint density at radius 1 is 1.25 bits per heavy atom. The first-order valence-electron chi connectivity index (χ1n) is 9.87. The number of aliphatic carboxylic acids is 1. The summed E-state index contributed by atoms with van der Waals surface area (Å²) in [5.41, 5.74) is 1.04. The van der Waals surface area contributed by atoms with E-state index >= 15 is 0 Å². The van der Waals surface area contributed by atoms with Crippen LogP contribution in [0.25, 0.3) is 0 Å². The fourth-order valence-corrected chi connectivity index (χ4v) is 3.21. The zero-order chi connectivity index (χ0) is 20.5. The summed E-state index contributed by atoms with van der Waals surface area (Å²) in [6, 6.07) is 7.70. The lowest BCUT2D eigenvalue weighted by Gasteiger charge is -2.32. The molecule has 0 aromatic heterocycles. The number of hydrogen-bond acceptors (Lipinski definition) is 4. The molecule has 154 valence electrons. The van der Waals surface area contributed by atoms with E-state index in [9.17, 15) is 14.4 Å². The Bertz CT molecular complexity index is 674. The van der Waals surface area contributed by atoms with E-state index in [-0.39, 0.29) is 24.9 Å². The van der Waals surface area contributed by atoms with Crippen molar-refractivity contribution in [1.82, 2.24) is 9.80 Å². The van der Waals surface area contributed by atoms with Crippen molar-refractivity contribution in [3.63, 3.8) is 0 Å². The minimum absolute atomic E-state index is 0.0189. The van der Waals surface area contributed by atoms with Gasteiger partial charge in [-0.2, -0.15) is 0 Å².